The molecular weight excluding hydrogens is 444 g/mol. The van der Waals surface area contributed by atoms with Crippen LogP contribution in [-0.4, -0.2) is 5.91 Å². The third-order valence-electron chi connectivity index (χ3n) is 5.86. The quantitative estimate of drug-likeness (QED) is 0.294. The van der Waals surface area contributed by atoms with Crippen LogP contribution in [0.25, 0.3) is 33.4 Å². The summed E-state index contributed by atoms with van der Waals surface area (Å²) >= 11 is 0. The second-order valence-electron chi connectivity index (χ2n) is 8.31. The van der Waals surface area contributed by atoms with Crippen LogP contribution in [-0.2, 0) is 6.54 Å². The Morgan fingerprint density at radius 1 is 0.882 bits per heavy atom. The Labute approximate surface area is 199 Å². The molecule has 34 heavy (non-hydrogen) atoms. The smallest absolute Gasteiger partial charge is 0.251 e. The molecule has 4 aromatic carbocycles. The van der Waals surface area contributed by atoms with Crippen LogP contribution in [0.2, 0.25) is 0 Å². The van der Waals surface area contributed by atoms with Crippen molar-refractivity contribution >= 4 is 31.4 Å². The van der Waals surface area contributed by atoms with Crippen LogP contribution < -0.4 is 10.6 Å². The number of benzene rings is 4. The largest absolute Gasteiger partial charge is 0.455 e. The summed E-state index contributed by atoms with van der Waals surface area (Å²) in [6.45, 7) is 2.52. The second kappa shape index (κ2) is 9.24. The minimum absolute atomic E-state index is 0.114. The van der Waals surface area contributed by atoms with Gasteiger partial charge in [0.05, 0.1) is 0 Å². The fourth-order valence-electron chi connectivity index (χ4n) is 3.94. The van der Waals surface area contributed by atoms with Gasteiger partial charge in [0.2, 0.25) is 0 Å². The molecule has 0 saturated carbocycles. The van der Waals surface area contributed by atoms with E-state index in [2.05, 4.69) is 20.6 Å². The van der Waals surface area contributed by atoms with Crippen molar-refractivity contribution in [1.29, 1.82) is 0 Å². The Balaban J connectivity index is 1.40. The molecule has 1 atom stereocenters. The van der Waals surface area contributed by atoms with Crippen molar-refractivity contribution in [2.24, 2.45) is 0 Å². The Bertz CT molecular complexity index is 1490. The van der Waals surface area contributed by atoms with Gasteiger partial charge < -0.3 is 9.73 Å². The fourth-order valence-corrected chi connectivity index (χ4v) is 4.39. The zero-order chi connectivity index (χ0) is 23.7. The Morgan fingerprint density at radius 2 is 1.59 bits per heavy atom. The zero-order valence-electron chi connectivity index (χ0n) is 18.6. The van der Waals surface area contributed by atoms with E-state index in [9.17, 15) is 9.18 Å². The number of furan rings is 1. The Hall–Kier alpha value is -3.75. The van der Waals surface area contributed by atoms with Gasteiger partial charge in [-0.15, -0.1) is 9.24 Å². The van der Waals surface area contributed by atoms with E-state index in [0.29, 0.717) is 17.9 Å². The topological polar surface area (TPSA) is 42.2 Å². The summed E-state index contributed by atoms with van der Waals surface area (Å²) in [5, 5.41) is 4.86. The summed E-state index contributed by atoms with van der Waals surface area (Å²) in [7, 11) is 2.73. The first-order valence-electron chi connectivity index (χ1n) is 11.0. The lowest BCUT2D eigenvalue weighted by atomic mass is 10.0. The number of aryl methyl sites for hydroxylation is 1. The number of nitrogens with one attached hydrogen (secondary N) is 1. The lowest BCUT2D eigenvalue weighted by Gasteiger charge is -2.08. The summed E-state index contributed by atoms with van der Waals surface area (Å²) in [4.78, 5) is 12.8. The Morgan fingerprint density at radius 3 is 2.35 bits per heavy atom. The number of hydrogen-bond acceptors (Lipinski definition) is 2. The molecule has 3 nitrogen and oxygen atoms in total. The first-order valence-corrected chi connectivity index (χ1v) is 11.6. The van der Waals surface area contributed by atoms with Crippen LogP contribution in [0.5, 0.6) is 0 Å². The molecule has 0 spiro atoms. The van der Waals surface area contributed by atoms with Crippen molar-refractivity contribution in [3.8, 4) is 22.5 Å². The van der Waals surface area contributed by atoms with Gasteiger partial charge in [-0.25, -0.2) is 4.39 Å². The minimum Gasteiger partial charge on any atom is -0.455 e. The van der Waals surface area contributed by atoms with E-state index in [1.807, 2.05) is 67.6 Å². The highest BCUT2D eigenvalue weighted by molar-refractivity contribution is 7.29. The molecular formula is C29H23FNO2P. The average Bonchev–Trinajstić information content (AvgIpc) is 3.20. The number of carbonyl (C=O) groups excluding carboxylic acids is 1. The summed E-state index contributed by atoms with van der Waals surface area (Å²) in [6.07, 6.45) is 0. The summed E-state index contributed by atoms with van der Waals surface area (Å²) in [6, 6.07) is 27.9. The third-order valence-corrected chi connectivity index (χ3v) is 6.44. The number of halogens is 1. The van der Waals surface area contributed by atoms with Gasteiger partial charge in [0, 0.05) is 28.4 Å². The predicted octanol–water partition coefficient (Wildman–Crippen LogP) is 6.64. The van der Waals surface area contributed by atoms with E-state index in [1.165, 1.54) is 17.7 Å². The van der Waals surface area contributed by atoms with Gasteiger partial charge in [0.1, 0.15) is 17.2 Å². The van der Waals surface area contributed by atoms with Crippen LogP contribution in [0.15, 0.2) is 95.4 Å². The molecule has 0 aliphatic rings. The number of fused-ring (bicyclic) bond motifs is 1. The van der Waals surface area contributed by atoms with Crippen molar-refractivity contribution in [2.75, 3.05) is 0 Å². The maximum absolute atomic E-state index is 13.3. The average molecular weight is 467 g/mol. The third kappa shape index (κ3) is 4.50. The van der Waals surface area contributed by atoms with Crippen molar-refractivity contribution in [3.63, 3.8) is 0 Å². The molecule has 0 radical (unpaired) electrons. The SMILES string of the molecule is Cc1ccc(CNC(=O)c2cccc(-c3ccc4oc(-c5ccc(F)cc5)c(P)c4c3)c2)cc1. The number of amides is 1. The molecule has 1 aromatic heterocycles. The van der Waals surface area contributed by atoms with Gasteiger partial charge in [-0.05, 0) is 72.1 Å². The Kier molecular flexibility index (Phi) is 6.00. The first kappa shape index (κ1) is 22.1. The van der Waals surface area contributed by atoms with Crippen molar-refractivity contribution < 1.29 is 13.6 Å². The van der Waals surface area contributed by atoms with Crippen molar-refractivity contribution in [3.05, 3.63) is 114 Å². The first-order chi connectivity index (χ1) is 16.5. The van der Waals surface area contributed by atoms with E-state index >= 15 is 0 Å². The highest BCUT2D eigenvalue weighted by atomic mass is 31.0. The van der Waals surface area contributed by atoms with E-state index in [-0.39, 0.29) is 11.7 Å². The zero-order valence-corrected chi connectivity index (χ0v) is 19.8. The van der Waals surface area contributed by atoms with Gasteiger partial charge in [-0.2, -0.15) is 0 Å². The molecule has 0 saturated heterocycles. The van der Waals surface area contributed by atoms with Crippen molar-refractivity contribution in [2.45, 2.75) is 13.5 Å². The van der Waals surface area contributed by atoms with Gasteiger partial charge in [-0.1, -0.05) is 48.0 Å². The number of rotatable bonds is 5. The molecule has 1 N–H and O–H groups in total. The highest BCUT2D eigenvalue weighted by Gasteiger charge is 2.14. The molecule has 5 heteroatoms. The van der Waals surface area contributed by atoms with Crippen LogP contribution in [0.3, 0.4) is 0 Å². The monoisotopic (exact) mass is 467 g/mol. The fraction of sp³-hybridized carbons (Fsp3) is 0.0690. The van der Waals surface area contributed by atoms with Crippen LogP contribution in [0.4, 0.5) is 4.39 Å². The highest BCUT2D eigenvalue weighted by Crippen LogP contribution is 2.31. The molecule has 0 aliphatic carbocycles. The summed E-state index contributed by atoms with van der Waals surface area (Å²) in [5.41, 5.74) is 6.35. The van der Waals surface area contributed by atoms with E-state index in [4.69, 9.17) is 4.42 Å². The minimum atomic E-state index is -0.282. The number of hydrogen-bond donors (Lipinski definition) is 1. The molecule has 1 unspecified atom stereocenters. The van der Waals surface area contributed by atoms with E-state index < -0.39 is 0 Å². The van der Waals surface area contributed by atoms with E-state index in [0.717, 1.165) is 38.5 Å². The van der Waals surface area contributed by atoms with Gasteiger partial charge >= 0.3 is 0 Å². The molecule has 0 aliphatic heterocycles. The standard InChI is InChI=1S/C29H23FNO2P/c1-18-5-7-19(8-6-18)17-31-29(32)23-4-2-3-21(15-23)22-11-14-26-25(16-22)28(34)27(33-26)20-9-12-24(30)13-10-20/h2-16H,17,34H2,1H3,(H,31,32). The van der Waals surface area contributed by atoms with Crippen LogP contribution in [0, 0.1) is 12.7 Å². The molecule has 1 amide bonds. The molecule has 168 valence electrons. The molecule has 0 fully saturated rings. The molecule has 1 heterocycles. The number of carbonyl (C=O) groups is 1. The lowest BCUT2D eigenvalue weighted by Crippen LogP contribution is -2.22. The van der Waals surface area contributed by atoms with Gasteiger partial charge in [0.15, 0.2) is 0 Å². The van der Waals surface area contributed by atoms with Gasteiger partial charge in [-0.3, -0.25) is 4.79 Å². The second-order valence-corrected chi connectivity index (χ2v) is 8.89. The van der Waals surface area contributed by atoms with Crippen molar-refractivity contribution in [1.82, 2.24) is 5.32 Å². The molecule has 5 rings (SSSR count). The molecule has 0 bridgehead atoms. The normalized spacial score (nSPS) is 11.0. The van der Waals surface area contributed by atoms with Crippen LogP contribution in [0.1, 0.15) is 21.5 Å². The molecule has 5 aromatic rings. The lowest BCUT2D eigenvalue weighted by molar-refractivity contribution is 0.0951. The maximum Gasteiger partial charge on any atom is 0.251 e. The maximum atomic E-state index is 13.3. The predicted molar refractivity (Wildman–Crippen MR) is 139 cm³/mol. The van der Waals surface area contributed by atoms with Gasteiger partial charge in [0.25, 0.3) is 5.91 Å². The summed E-state index contributed by atoms with van der Waals surface area (Å²) < 4.78 is 19.4. The van der Waals surface area contributed by atoms with E-state index in [1.54, 1.807) is 12.1 Å². The van der Waals surface area contributed by atoms with Crippen LogP contribution >= 0.6 is 9.24 Å². The summed E-state index contributed by atoms with van der Waals surface area (Å²) in [5.74, 6) is 0.300.